The molecule has 0 saturated carbocycles. The first-order chi connectivity index (χ1) is 6.18. The molecule has 0 spiro atoms. The monoisotopic (exact) mass is 194 g/mol. The molecule has 0 radical (unpaired) electrons. The summed E-state index contributed by atoms with van der Waals surface area (Å²) in [6, 6.07) is 3.48. The molecule has 0 unspecified atom stereocenters. The summed E-state index contributed by atoms with van der Waals surface area (Å²) >= 11 is 5.75. The molecule has 0 aromatic carbocycles. The first kappa shape index (κ1) is 8.26. The van der Waals surface area contributed by atoms with Gasteiger partial charge in [0.1, 0.15) is 5.15 Å². The Morgan fingerprint density at radius 2 is 2.31 bits per heavy atom. The third-order valence-corrected chi connectivity index (χ3v) is 2.10. The van der Waals surface area contributed by atoms with Gasteiger partial charge >= 0.3 is 0 Å². The van der Waals surface area contributed by atoms with Crippen molar-refractivity contribution in [3.8, 4) is 0 Å². The van der Waals surface area contributed by atoms with Crippen LogP contribution in [0.25, 0.3) is 10.8 Å². The van der Waals surface area contributed by atoms with Gasteiger partial charge in [0.2, 0.25) is 0 Å². The molecule has 0 aliphatic carbocycles. The molecule has 0 saturated heterocycles. The van der Waals surface area contributed by atoms with Crippen LogP contribution >= 0.6 is 11.6 Å². The number of fused-ring (bicyclic) bond motifs is 1. The molecule has 2 aromatic rings. The van der Waals surface area contributed by atoms with E-state index in [4.69, 9.17) is 11.6 Å². The Bertz CT molecular complexity index is 518. The number of nitrogens with one attached hydrogen (secondary N) is 1. The number of hydrogen-bond acceptors (Lipinski definition) is 2. The zero-order valence-electron chi connectivity index (χ0n) is 6.97. The molecule has 0 aliphatic rings. The number of H-pyrrole nitrogens is 1. The Labute approximate surface area is 79.4 Å². The van der Waals surface area contributed by atoms with E-state index in [2.05, 4.69) is 9.97 Å². The van der Waals surface area contributed by atoms with Gasteiger partial charge in [-0.05, 0) is 24.4 Å². The summed E-state index contributed by atoms with van der Waals surface area (Å²) in [6.45, 7) is 1.77. The number of halogens is 1. The van der Waals surface area contributed by atoms with Gasteiger partial charge in [0.05, 0.1) is 11.1 Å². The molecule has 0 atom stereocenters. The molecule has 2 rings (SSSR count). The Kier molecular flexibility index (Phi) is 1.81. The Morgan fingerprint density at radius 3 is 3.08 bits per heavy atom. The van der Waals surface area contributed by atoms with E-state index >= 15 is 0 Å². The van der Waals surface area contributed by atoms with Crippen molar-refractivity contribution in [2.45, 2.75) is 6.92 Å². The highest BCUT2D eigenvalue weighted by atomic mass is 35.5. The van der Waals surface area contributed by atoms with Crippen LogP contribution in [-0.2, 0) is 0 Å². The predicted molar refractivity (Wildman–Crippen MR) is 52.1 cm³/mol. The van der Waals surface area contributed by atoms with Crippen LogP contribution in [0.2, 0.25) is 5.15 Å². The van der Waals surface area contributed by atoms with Crippen LogP contribution in [0.3, 0.4) is 0 Å². The van der Waals surface area contributed by atoms with Crippen LogP contribution in [0, 0.1) is 6.92 Å². The molecule has 0 amide bonds. The average molecular weight is 195 g/mol. The fraction of sp³-hybridized carbons (Fsp3) is 0.111. The molecule has 0 bridgehead atoms. The summed E-state index contributed by atoms with van der Waals surface area (Å²) in [5.41, 5.74) is 0.531. The molecule has 2 aromatic heterocycles. The largest absolute Gasteiger partial charge is 0.329 e. The lowest BCUT2D eigenvalue weighted by molar-refractivity contribution is 1.20. The van der Waals surface area contributed by atoms with E-state index in [0.717, 1.165) is 5.39 Å². The summed E-state index contributed by atoms with van der Waals surface area (Å²) < 4.78 is 0. The van der Waals surface area contributed by atoms with Gasteiger partial charge in [-0.3, -0.25) is 4.79 Å². The Hall–Kier alpha value is -1.35. The second-order valence-electron chi connectivity index (χ2n) is 2.80. The summed E-state index contributed by atoms with van der Waals surface area (Å²) in [6.07, 6.45) is 1.60. The fourth-order valence-electron chi connectivity index (χ4n) is 1.36. The van der Waals surface area contributed by atoms with E-state index < -0.39 is 0 Å². The van der Waals surface area contributed by atoms with Crippen LogP contribution in [0.1, 0.15) is 5.69 Å². The van der Waals surface area contributed by atoms with Crippen molar-refractivity contribution in [2.75, 3.05) is 0 Å². The summed E-state index contributed by atoms with van der Waals surface area (Å²) in [5.74, 6) is 0. The Morgan fingerprint density at radius 1 is 1.54 bits per heavy atom. The predicted octanol–water partition coefficient (Wildman–Crippen LogP) is 1.88. The topological polar surface area (TPSA) is 45.8 Å². The smallest absolute Gasteiger partial charge is 0.257 e. The number of aryl methyl sites for hydroxylation is 1. The van der Waals surface area contributed by atoms with Crippen molar-refractivity contribution in [3.63, 3.8) is 0 Å². The van der Waals surface area contributed by atoms with Gasteiger partial charge in [0.25, 0.3) is 5.56 Å². The maximum atomic E-state index is 11.4. The number of aromatic amines is 1. The van der Waals surface area contributed by atoms with Crippen LogP contribution in [0.15, 0.2) is 23.1 Å². The van der Waals surface area contributed by atoms with E-state index in [9.17, 15) is 4.79 Å². The number of aromatic nitrogens is 2. The van der Waals surface area contributed by atoms with Crippen molar-refractivity contribution in [2.24, 2.45) is 0 Å². The maximum Gasteiger partial charge on any atom is 0.257 e. The van der Waals surface area contributed by atoms with E-state index in [0.29, 0.717) is 16.2 Å². The third kappa shape index (κ3) is 1.31. The molecule has 3 nitrogen and oxygen atoms in total. The summed E-state index contributed by atoms with van der Waals surface area (Å²) in [4.78, 5) is 18.0. The second-order valence-corrected chi connectivity index (χ2v) is 3.19. The normalized spacial score (nSPS) is 10.6. The SMILES string of the molecule is Cc1nc(Cl)cc2cc[nH]c(=O)c12. The lowest BCUT2D eigenvalue weighted by Gasteiger charge is -1.99. The minimum atomic E-state index is -0.126. The number of rotatable bonds is 0. The zero-order valence-corrected chi connectivity index (χ0v) is 7.72. The molecular formula is C9H7ClN2O. The van der Waals surface area contributed by atoms with Crippen molar-refractivity contribution in [1.29, 1.82) is 0 Å². The van der Waals surface area contributed by atoms with Crippen LogP contribution < -0.4 is 5.56 Å². The van der Waals surface area contributed by atoms with Crippen molar-refractivity contribution in [3.05, 3.63) is 39.5 Å². The highest BCUT2D eigenvalue weighted by Crippen LogP contribution is 2.16. The zero-order chi connectivity index (χ0) is 9.42. The summed E-state index contributed by atoms with van der Waals surface area (Å²) in [7, 11) is 0. The minimum absolute atomic E-state index is 0.126. The lowest BCUT2D eigenvalue weighted by atomic mass is 10.2. The van der Waals surface area contributed by atoms with Crippen LogP contribution in [-0.4, -0.2) is 9.97 Å². The minimum Gasteiger partial charge on any atom is -0.329 e. The van der Waals surface area contributed by atoms with Gasteiger partial charge in [-0.25, -0.2) is 4.98 Å². The maximum absolute atomic E-state index is 11.4. The molecule has 0 aliphatic heterocycles. The summed E-state index contributed by atoms with van der Waals surface area (Å²) in [5, 5.41) is 1.84. The van der Waals surface area contributed by atoms with Crippen molar-refractivity contribution in [1.82, 2.24) is 9.97 Å². The van der Waals surface area contributed by atoms with Crippen molar-refractivity contribution < 1.29 is 0 Å². The third-order valence-electron chi connectivity index (χ3n) is 1.90. The van der Waals surface area contributed by atoms with Crippen molar-refractivity contribution >= 4 is 22.4 Å². The van der Waals surface area contributed by atoms with E-state index in [1.807, 2.05) is 0 Å². The number of hydrogen-bond donors (Lipinski definition) is 1. The first-order valence-electron chi connectivity index (χ1n) is 3.83. The molecule has 4 heteroatoms. The molecule has 2 heterocycles. The molecular weight excluding hydrogens is 188 g/mol. The first-order valence-corrected chi connectivity index (χ1v) is 4.21. The fourth-order valence-corrected chi connectivity index (χ4v) is 1.61. The van der Waals surface area contributed by atoms with E-state index in [-0.39, 0.29) is 5.56 Å². The molecule has 66 valence electrons. The van der Waals surface area contributed by atoms with Gasteiger partial charge in [-0.15, -0.1) is 0 Å². The number of nitrogens with zero attached hydrogens (tertiary/aromatic N) is 1. The van der Waals surface area contributed by atoms with Gasteiger partial charge < -0.3 is 4.98 Å². The van der Waals surface area contributed by atoms with E-state index in [1.165, 1.54) is 0 Å². The highest BCUT2D eigenvalue weighted by molar-refractivity contribution is 6.30. The van der Waals surface area contributed by atoms with Gasteiger partial charge in [-0.2, -0.15) is 0 Å². The molecule has 1 N–H and O–H groups in total. The van der Waals surface area contributed by atoms with Crippen LogP contribution in [0.5, 0.6) is 0 Å². The molecule has 13 heavy (non-hydrogen) atoms. The van der Waals surface area contributed by atoms with Gasteiger partial charge in [0, 0.05) is 6.20 Å². The second kappa shape index (κ2) is 2.85. The number of pyridine rings is 2. The molecule has 0 fully saturated rings. The van der Waals surface area contributed by atoms with Gasteiger partial charge in [0.15, 0.2) is 0 Å². The van der Waals surface area contributed by atoms with E-state index in [1.54, 1.807) is 25.3 Å². The lowest BCUT2D eigenvalue weighted by Crippen LogP contribution is -2.06. The highest BCUT2D eigenvalue weighted by Gasteiger charge is 2.03. The van der Waals surface area contributed by atoms with Gasteiger partial charge in [-0.1, -0.05) is 11.6 Å². The standard InChI is InChI=1S/C9H7ClN2O/c1-5-8-6(4-7(10)12-5)2-3-11-9(8)13/h2-4H,1H3,(H,11,13). The quantitative estimate of drug-likeness (QED) is 0.651. The average Bonchev–Trinajstić information content (AvgIpc) is 2.02. The Balaban J connectivity index is 3.03. The van der Waals surface area contributed by atoms with Crippen LogP contribution in [0.4, 0.5) is 0 Å².